The number of carbonyl (C=O) groups excluding carboxylic acids is 1. The van der Waals surface area contributed by atoms with Crippen molar-refractivity contribution in [1.29, 1.82) is 0 Å². The van der Waals surface area contributed by atoms with Crippen molar-refractivity contribution in [2.45, 2.75) is 19.4 Å². The highest BCUT2D eigenvalue weighted by molar-refractivity contribution is 7.09. The minimum atomic E-state index is -0.597. The highest BCUT2D eigenvalue weighted by atomic mass is 32.1. The molecule has 0 saturated heterocycles. The summed E-state index contributed by atoms with van der Waals surface area (Å²) in [6, 6.07) is 10.5. The summed E-state index contributed by atoms with van der Waals surface area (Å²) in [6.07, 6.45) is 4.90. The van der Waals surface area contributed by atoms with Gasteiger partial charge in [-0.1, -0.05) is 12.1 Å². The molecule has 0 atom stereocenters. The SMILES string of the molecule is O=C(Cn1c(=O)[nH]c2ccccc2c1=O)NCCCc1nc(-c2ccncc2)cs1. The Kier molecular flexibility index (Phi) is 5.80. The van der Waals surface area contributed by atoms with Crippen LogP contribution in [0.1, 0.15) is 11.4 Å². The van der Waals surface area contributed by atoms with E-state index in [4.69, 9.17) is 0 Å². The molecule has 1 amide bonds. The number of nitrogens with one attached hydrogen (secondary N) is 2. The van der Waals surface area contributed by atoms with Gasteiger partial charge in [0.1, 0.15) is 6.54 Å². The average molecular weight is 421 g/mol. The summed E-state index contributed by atoms with van der Waals surface area (Å²) in [6.45, 7) is 0.117. The Morgan fingerprint density at radius 2 is 1.93 bits per heavy atom. The van der Waals surface area contributed by atoms with Crippen LogP contribution in [0.25, 0.3) is 22.2 Å². The van der Waals surface area contributed by atoms with Gasteiger partial charge in [-0.25, -0.2) is 9.78 Å². The van der Waals surface area contributed by atoms with Gasteiger partial charge in [0, 0.05) is 36.3 Å². The summed E-state index contributed by atoms with van der Waals surface area (Å²) < 4.78 is 0.916. The van der Waals surface area contributed by atoms with Gasteiger partial charge in [-0.3, -0.25) is 19.1 Å². The number of thiazole rings is 1. The van der Waals surface area contributed by atoms with E-state index in [1.165, 1.54) is 0 Å². The number of amides is 1. The summed E-state index contributed by atoms with van der Waals surface area (Å²) in [5.74, 6) is -0.380. The molecule has 0 aliphatic rings. The molecular weight excluding hydrogens is 402 g/mol. The molecular formula is C21H19N5O3S. The number of carbonyl (C=O) groups is 1. The topological polar surface area (TPSA) is 110 Å². The second-order valence-electron chi connectivity index (χ2n) is 6.68. The normalized spacial score (nSPS) is 10.9. The fraction of sp³-hybridized carbons (Fsp3) is 0.190. The van der Waals surface area contributed by atoms with E-state index in [1.54, 1.807) is 48.0 Å². The summed E-state index contributed by atoms with van der Waals surface area (Å²) >= 11 is 1.58. The Morgan fingerprint density at radius 1 is 1.13 bits per heavy atom. The predicted molar refractivity (Wildman–Crippen MR) is 116 cm³/mol. The maximum atomic E-state index is 12.5. The molecule has 0 saturated carbocycles. The molecule has 0 radical (unpaired) electrons. The first-order valence-electron chi connectivity index (χ1n) is 9.45. The molecule has 8 nitrogen and oxygen atoms in total. The smallest absolute Gasteiger partial charge is 0.329 e. The molecule has 1 aromatic carbocycles. The molecule has 0 bridgehead atoms. The van der Waals surface area contributed by atoms with E-state index in [0.717, 1.165) is 27.3 Å². The van der Waals surface area contributed by atoms with Gasteiger partial charge in [0.05, 0.1) is 21.6 Å². The second-order valence-corrected chi connectivity index (χ2v) is 7.63. The molecule has 0 unspecified atom stereocenters. The summed E-state index contributed by atoms with van der Waals surface area (Å²) in [4.78, 5) is 48.1. The molecule has 9 heteroatoms. The number of H-pyrrole nitrogens is 1. The van der Waals surface area contributed by atoms with Gasteiger partial charge in [0.15, 0.2) is 0 Å². The first kappa shape index (κ1) is 19.7. The molecule has 3 heterocycles. The molecule has 30 heavy (non-hydrogen) atoms. The van der Waals surface area contributed by atoms with E-state index in [-0.39, 0.29) is 12.5 Å². The second kappa shape index (κ2) is 8.83. The van der Waals surface area contributed by atoms with E-state index in [9.17, 15) is 14.4 Å². The molecule has 152 valence electrons. The van der Waals surface area contributed by atoms with Crippen LogP contribution in [-0.4, -0.2) is 32.0 Å². The standard InChI is InChI=1S/C21H19N5O3S/c27-18(12-26-20(28)15-4-1-2-5-16(15)25-21(26)29)23-9-3-6-19-24-17(13-30-19)14-7-10-22-11-8-14/h1-2,4-5,7-8,10-11,13H,3,6,9,12H2,(H,23,27)(H,25,29). The number of hydrogen-bond acceptors (Lipinski definition) is 6. The minimum absolute atomic E-state index is 0.317. The van der Waals surface area contributed by atoms with Gasteiger partial charge in [0.2, 0.25) is 5.91 Å². The number of nitrogens with zero attached hydrogens (tertiary/aromatic N) is 3. The van der Waals surface area contributed by atoms with E-state index < -0.39 is 11.2 Å². The first-order valence-corrected chi connectivity index (χ1v) is 10.3. The van der Waals surface area contributed by atoms with Crippen LogP contribution in [0.2, 0.25) is 0 Å². The lowest BCUT2D eigenvalue weighted by atomic mass is 10.2. The van der Waals surface area contributed by atoms with Crippen LogP contribution in [0, 0.1) is 0 Å². The van der Waals surface area contributed by atoms with E-state index in [1.807, 2.05) is 17.5 Å². The number of fused-ring (bicyclic) bond motifs is 1. The molecule has 0 aliphatic heterocycles. The summed E-state index contributed by atoms with van der Waals surface area (Å²) in [7, 11) is 0. The Hall–Kier alpha value is -3.59. The average Bonchev–Trinajstić information content (AvgIpc) is 3.24. The van der Waals surface area contributed by atoms with Crippen LogP contribution >= 0.6 is 11.3 Å². The molecule has 4 rings (SSSR count). The van der Waals surface area contributed by atoms with E-state index in [0.29, 0.717) is 23.9 Å². The van der Waals surface area contributed by atoms with Gasteiger partial charge in [0.25, 0.3) is 5.56 Å². The first-order chi connectivity index (χ1) is 14.6. The summed E-state index contributed by atoms with van der Waals surface area (Å²) in [5, 5.41) is 6.12. The van der Waals surface area contributed by atoms with Crippen molar-refractivity contribution in [2.75, 3.05) is 6.54 Å². The molecule has 3 aromatic heterocycles. The predicted octanol–water partition coefficient (Wildman–Crippen LogP) is 1.96. The molecule has 2 N–H and O–H groups in total. The van der Waals surface area contributed by atoms with Gasteiger partial charge in [-0.2, -0.15) is 0 Å². The number of aromatic amines is 1. The number of benzene rings is 1. The zero-order valence-corrected chi connectivity index (χ0v) is 16.8. The third-order valence-corrected chi connectivity index (χ3v) is 5.52. The fourth-order valence-electron chi connectivity index (χ4n) is 3.09. The van der Waals surface area contributed by atoms with Crippen LogP contribution in [0.4, 0.5) is 0 Å². The molecule has 0 fully saturated rings. The molecule has 0 aliphatic carbocycles. The monoisotopic (exact) mass is 421 g/mol. The number of pyridine rings is 1. The largest absolute Gasteiger partial charge is 0.355 e. The van der Waals surface area contributed by atoms with Crippen molar-refractivity contribution >= 4 is 28.1 Å². The third-order valence-electron chi connectivity index (χ3n) is 4.61. The zero-order valence-electron chi connectivity index (χ0n) is 16.0. The van der Waals surface area contributed by atoms with Crippen LogP contribution < -0.4 is 16.6 Å². The number of hydrogen-bond donors (Lipinski definition) is 2. The van der Waals surface area contributed by atoms with Crippen molar-refractivity contribution in [1.82, 2.24) is 24.8 Å². The maximum Gasteiger partial charge on any atom is 0.329 e. The summed E-state index contributed by atoms with van der Waals surface area (Å²) in [5.41, 5.74) is 1.32. The lowest BCUT2D eigenvalue weighted by Gasteiger charge is -2.07. The highest BCUT2D eigenvalue weighted by Gasteiger charge is 2.11. The Morgan fingerprint density at radius 3 is 2.77 bits per heavy atom. The maximum absolute atomic E-state index is 12.5. The number of rotatable bonds is 7. The van der Waals surface area contributed by atoms with Gasteiger partial charge in [-0.15, -0.1) is 11.3 Å². The number of aryl methyl sites for hydroxylation is 1. The van der Waals surface area contributed by atoms with Crippen LogP contribution in [-0.2, 0) is 17.8 Å². The van der Waals surface area contributed by atoms with E-state index in [2.05, 4.69) is 20.3 Å². The molecule has 0 spiro atoms. The van der Waals surface area contributed by atoms with E-state index >= 15 is 0 Å². The highest BCUT2D eigenvalue weighted by Crippen LogP contribution is 2.21. The van der Waals surface area contributed by atoms with Gasteiger partial charge < -0.3 is 10.3 Å². The number of para-hydroxylation sites is 1. The van der Waals surface area contributed by atoms with Crippen molar-refractivity contribution in [3.05, 3.63) is 80.0 Å². The van der Waals surface area contributed by atoms with Crippen LogP contribution in [0.5, 0.6) is 0 Å². The van der Waals surface area contributed by atoms with Crippen molar-refractivity contribution < 1.29 is 4.79 Å². The third kappa shape index (κ3) is 4.36. The Bertz CT molecular complexity index is 1290. The van der Waals surface area contributed by atoms with Crippen LogP contribution in [0.15, 0.2) is 63.8 Å². The Balaban J connectivity index is 1.31. The molecule has 4 aromatic rings. The lowest BCUT2D eigenvalue weighted by Crippen LogP contribution is -2.40. The Labute approximate surface area is 175 Å². The number of aromatic nitrogens is 4. The fourth-order valence-corrected chi connectivity index (χ4v) is 3.94. The quantitative estimate of drug-likeness (QED) is 0.443. The van der Waals surface area contributed by atoms with Crippen molar-refractivity contribution in [3.63, 3.8) is 0 Å². The van der Waals surface area contributed by atoms with Gasteiger partial charge >= 0.3 is 5.69 Å². The van der Waals surface area contributed by atoms with Crippen molar-refractivity contribution in [2.24, 2.45) is 0 Å². The minimum Gasteiger partial charge on any atom is -0.355 e. The lowest BCUT2D eigenvalue weighted by molar-refractivity contribution is -0.121. The van der Waals surface area contributed by atoms with Crippen molar-refractivity contribution in [3.8, 4) is 11.3 Å². The zero-order chi connectivity index (χ0) is 20.9. The van der Waals surface area contributed by atoms with Gasteiger partial charge in [-0.05, 0) is 30.7 Å². The van der Waals surface area contributed by atoms with Crippen LogP contribution in [0.3, 0.4) is 0 Å².